The summed E-state index contributed by atoms with van der Waals surface area (Å²) in [5.41, 5.74) is 0. The smallest absolute Gasteiger partial charge is 0.463 e. The van der Waals surface area contributed by atoms with Crippen LogP contribution in [-0.2, 0) is 55.8 Å². The molecule has 0 heterocycles. The monoisotopic (exact) mass is 1600 g/mol. The Morgan fingerprint density at radius 2 is 0.450 bits per heavy atom. The van der Waals surface area contributed by atoms with E-state index in [-0.39, 0.29) is 19.3 Å². The summed E-state index contributed by atoms with van der Waals surface area (Å²) in [5.74, 6) is -1.55. The lowest BCUT2D eigenvalue weighted by Gasteiger charge is -2.21. The number of rotatable bonds is 87. The van der Waals surface area contributed by atoms with Crippen molar-refractivity contribution < 1.29 is 75.8 Å². The average molecular weight is 1600 g/mol. The van der Waals surface area contributed by atoms with E-state index >= 15 is 0 Å². The van der Waals surface area contributed by atoms with Gasteiger partial charge in [0.15, 0.2) is 6.10 Å². The Morgan fingerprint density at radius 1 is 0.252 bits per heavy atom. The number of phosphoric acid groups is 2. The van der Waals surface area contributed by atoms with Gasteiger partial charge in [-0.3, -0.25) is 32.5 Å². The Balaban J connectivity index is 4.46. The van der Waals surface area contributed by atoms with E-state index in [1.165, 1.54) is 250 Å². The van der Waals surface area contributed by atoms with E-state index in [0.29, 0.717) is 19.3 Å². The van der Waals surface area contributed by atoms with Crippen molar-refractivity contribution in [3.05, 3.63) is 97.2 Å². The Bertz CT molecular complexity index is 2400. The molecule has 0 aliphatic rings. The highest BCUT2D eigenvalue weighted by atomic mass is 31.2. The van der Waals surface area contributed by atoms with Crippen LogP contribution in [0.5, 0.6) is 0 Å². The largest absolute Gasteiger partial charge is 0.472 e. The number of carbonyl (C=O) groups excluding carboxylic acids is 3. The lowest BCUT2D eigenvalue weighted by molar-refractivity contribution is -0.161. The molecule has 0 saturated heterocycles. The van der Waals surface area contributed by atoms with Gasteiger partial charge in [-0.15, -0.1) is 0 Å². The first-order valence-electron chi connectivity index (χ1n) is 45.5. The molecule has 0 rings (SSSR count). The molecule has 0 aromatic rings. The molecule has 0 spiro atoms. The molecular weight excluding hydrogens is 1430 g/mol. The quantitative estimate of drug-likeness (QED) is 0.0146. The van der Waals surface area contributed by atoms with Crippen LogP contribution in [0.15, 0.2) is 97.2 Å². The normalized spacial score (nSPS) is 14.3. The zero-order valence-electron chi connectivity index (χ0n) is 71.1. The maximum Gasteiger partial charge on any atom is 0.472 e. The summed E-state index contributed by atoms with van der Waals surface area (Å²) in [6.07, 6.45) is 102. The van der Waals surface area contributed by atoms with Crippen LogP contribution in [-0.4, -0.2) is 95.9 Å². The molecule has 5 unspecified atom stereocenters. The number of allylic oxidation sites excluding steroid dienone is 16. The number of aliphatic hydroxyl groups excluding tert-OH is 2. The van der Waals surface area contributed by atoms with Gasteiger partial charge in [0, 0.05) is 19.3 Å². The molecule has 0 aliphatic heterocycles. The van der Waals surface area contributed by atoms with Gasteiger partial charge in [0.2, 0.25) is 0 Å². The molecule has 646 valence electrons. The minimum Gasteiger partial charge on any atom is -0.463 e. The maximum atomic E-state index is 13.0. The first-order chi connectivity index (χ1) is 54.2. The number of esters is 3. The average Bonchev–Trinajstić information content (AvgIpc) is 0.908. The van der Waals surface area contributed by atoms with Gasteiger partial charge in [0.1, 0.15) is 25.4 Å². The third-order valence-electron chi connectivity index (χ3n) is 19.8. The van der Waals surface area contributed by atoms with Crippen LogP contribution in [0.25, 0.3) is 0 Å². The number of phosphoric ester groups is 2. The van der Waals surface area contributed by atoms with E-state index in [9.17, 15) is 43.5 Å². The molecule has 0 bridgehead atoms. The second-order valence-electron chi connectivity index (χ2n) is 30.8. The number of aliphatic hydroxyl groups is 2. The Morgan fingerprint density at radius 3 is 0.730 bits per heavy atom. The van der Waals surface area contributed by atoms with Crippen molar-refractivity contribution in [1.29, 1.82) is 0 Å². The second kappa shape index (κ2) is 85.8. The lowest BCUT2D eigenvalue weighted by atomic mass is 10.0. The summed E-state index contributed by atoms with van der Waals surface area (Å²) in [7, 11) is -9.79. The topological polar surface area (TPSA) is 231 Å². The van der Waals surface area contributed by atoms with E-state index in [0.717, 1.165) is 109 Å². The van der Waals surface area contributed by atoms with E-state index in [1.807, 2.05) is 0 Å². The highest BCUT2D eigenvalue weighted by Gasteiger charge is 2.29. The zero-order valence-corrected chi connectivity index (χ0v) is 72.9. The molecule has 0 fully saturated rings. The van der Waals surface area contributed by atoms with Gasteiger partial charge in [0.05, 0.1) is 26.4 Å². The van der Waals surface area contributed by atoms with Crippen molar-refractivity contribution in [1.82, 2.24) is 0 Å². The summed E-state index contributed by atoms with van der Waals surface area (Å²) in [4.78, 5) is 58.9. The van der Waals surface area contributed by atoms with E-state index < -0.39 is 91.5 Å². The van der Waals surface area contributed by atoms with Crippen LogP contribution in [0.4, 0.5) is 0 Å². The summed E-state index contributed by atoms with van der Waals surface area (Å²) in [6, 6.07) is 0. The molecule has 0 aromatic heterocycles. The van der Waals surface area contributed by atoms with E-state index in [4.69, 9.17) is 32.3 Å². The van der Waals surface area contributed by atoms with Crippen molar-refractivity contribution in [3.8, 4) is 0 Å². The Hall–Kier alpha value is -3.53. The van der Waals surface area contributed by atoms with Crippen molar-refractivity contribution >= 4 is 33.6 Å². The van der Waals surface area contributed by atoms with E-state index in [2.05, 4.69) is 118 Å². The highest BCUT2D eigenvalue weighted by molar-refractivity contribution is 7.47. The molecule has 16 nitrogen and oxygen atoms in total. The van der Waals surface area contributed by atoms with Gasteiger partial charge in [-0.05, 0) is 109 Å². The standard InChI is InChI=1S/C93H168O16P2/c1-4-7-10-13-16-19-22-25-28-30-32-34-36-38-40-42-43-45-47-48-50-52-54-56-59-61-64-67-70-73-76-79-91(96)103-82-88(94)83-105-110(99,100)106-84-89(95)85-107-111(101,102)108-87-90(109-93(98)81-78-75-72-69-66-63-58-27-24-21-18-15-12-9-6-3)86-104-92(97)80-77-74-71-68-65-62-60-57-55-53-51-49-46-44-41-39-37-35-33-31-29-26-23-20-17-14-11-8-5-2/h16-17,19-20,25-26,28-29,32-35,38-41,88-90,94-95H,4-15,18,21-24,27,30-31,36-37,42-87H2,1-3H3,(H,99,100)(H,101,102)/b19-16-,20-17-,28-25-,29-26-,34-32-,35-33-,40-38-,41-39-. The molecule has 111 heavy (non-hydrogen) atoms. The number of hydrogen-bond donors (Lipinski definition) is 4. The molecule has 4 N–H and O–H groups in total. The molecule has 0 aromatic carbocycles. The Labute approximate surface area is 679 Å². The Kier molecular flexibility index (Phi) is 83.1. The van der Waals surface area contributed by atoms with Gasteiger partial charge >= 0.3 is 33.6 Å². The number of carbonyl (C=O) groups is 3. The van der Waals surface area contributed by atoms with Gasteiger partial charge < -0.3 is 34.2 Å². The van der Waals surface area contributed by atoms with Gasteiger partial charge in [0.25, 0.3) is 0 Å². The fourth-order valence-corrected chi connectivity index (χ4v) is 14.4. The molecular formula is C93H168O16P2. The lowest BCUT2D eigenvalue weighted by Crippen LogP contribution is -2.30. The molecule has 0 radical (unpaired) electrons. The summed E-state index contributed by atoms with van der Waals surface area (Å²) in [5, 5.41) is 20.7. The highest BCUT2D eigenvalue weighted by Crippen LogP contribution is 2.45. The first-order valence-corrected chi connectivity index (χ1v) is 48.5. The first kappa shape index (κ1) is 107. The SMILES string of the molecule is CCCCC/C=C\C/C=C\C/C=C\C/C=C\CCCCCCCCCCCCCCCCCC(=O)OCC(O)COP(=O)(O)OCC(O)COP(=O)(O)OCC(COC(=O)CCCCCCCCCCCCCCC/C=C\C/C=C\C/C=C\C/C=C\CCCCC)OC(=O)CCCCCCCCCCCCCCCCC. The van der Waals surface area contributed by atoms with Crippen molar-refractivity contribution in [2.75, 3.05) is 39.6 Å². The fraction of sp³-hybridized carbons (Fsp3) is 0.796. The minimum atomic E-state index is -4.93. The predicted octanol–water partition coefficient (Wildman–Crippen LogP) is 27.7. The molecule has 0 aliphatic carbocycles. The second-order valence-corrected chi connectivity index (χ2v) is 33.7. The number of hydrogen-bond acceptors (Lipinski definition) is 14. The van der Waals surface area contributed by atoms with Gasteiger partial charge in [-0.25, -0.2) is 9.13 Å². The maximum absolute atomic E-state index is 13.0. The third-order valence-corrected chi connectivity index (χ3v) is 21.7. The molecule has 18 heteroatoms. The number of unbranched alkanes of at least 4 members (excludes halogenated alkanes) is 48. The molecule has 0 saturated carbocycles. The van der Waals surface area contributed by atoms with Crippen LogP contribution < -0.4 is 0 Å². The zero-order chi connectivity index (χ0) is 80.8. The van der Waals surface area contributed by atoms with Crippen LogP contribution >= 0.6 is 15.6 Å². The minimum absolute atomic E-state index is 0.110. The summed E-state index contributed by atoms with van der Waals surface area (Å²) < 4.78 is 61.4. The third kappa shape index (κ3) is 87.2. The fourth-order valence-electron chi connectivity index (χ4n) is 12.8. The van der Waals surface area contributed by atoms with Gasteiger partial charge in [-0.1, -0.05) is 388 Å². The number of ether oxygens (including phenoxy) is 3. The summed E-state index contributed by atoms with van der Waals surface area (Å²) in [6.45, 7) is 2.71. The summed E-state index contributed by atoms with van der Waals surface area (Å²) >= 11 is 0. The predicted molar refractivity (Wildman–Crippen MR) is 464 cm³/mol. The van der Waals surface area contributed by atoms with Crippen LogP contribution in [0, 0.1) is 0 Å². The van der Waals surface area contributed by atoms with Crippen molar-refractivity contribution in [3.63, 3.8) is 0 Å². The van der Waals surface area contributed by atoms with E-state index in [1.54, 1.807) is 0 Å². The van der Waals surface area contributed by atoms with Crippen molar-refractivity contribution in [2.24, 2.45) is 0 Å². The van der Waals surface area contributed by atoms with Crippen molar-refractivity contribution in [2.45, 2.75) is 437 Å². The van der Waals surface area contributed by atoms with Crippen LogP contribution in [0.1, 0.15) is 419 Å². The van der Waals surface area contributed by atoms with Gasteiger partial charge in [-0.2, -0.15) is 0 Å². The molecule has 0 amide bonds. The van der Waals surface area contributed by atoms with Crippen LogP contribution in [0.3, 0.4) is 0 Å². The van der Waals surface area contributed by atoms with Crippen LogP contribution in [0.2, 0.25) is 0 Å². The molecule has 5 atom stereocenters.